The molecule has 0 saturated heterocycles. The van der Waals surface area contributed by atoms with Crippen LogP contribution in [0.5, 0.6) is 5.75 Å². The molecular formula is C19H16FNO3. The summed E-state index contributed by atoms with van der Waals surface area (Å²) in [6.45, 7) is 3.16. The van der Waals surface area contributed by atoms with E-state index in [0.717, 1.165) is 5.56 Å². The lowest BCUT2D eigenvalue weighted by Gasteiger charge is -2.07. The van der Waals surface area contributed by atoms with Gasteiger partial charge in [0.1, 0.15) is 11.6 Å². The number of allylic oxidation sites excluding steroid dienone is 1. The lowest BCUT2D eigenvalue weighted by atomic mass is 9.97. The van der Waals surface area contributed by atoms with E-state index in [4.69, 9.17) is 0 Å². The number of carbonyl (C=O) groups is 2. The smallest absolute Gasteiger partial charge is 0.221 e. The molecule has 1 amide bonds. The summed E-state index contributed by atoms with van der Waals surface area (Å²) in [6, 6.07) is 9.34. The molecule has 1 aliphatic rings. The molecule has 0 fully saturated rings. The zero-order chi connectivity index (χ0) is 17.4. The van der Waals surface area contributed by atoms with Gasteiger partial charge in [-0.3, -0.25) is 9.59 Å². The molecule has 2 aromatic carbocycles. The molecule has 1 aliphatic carbocycles. The first kappa shape index (κ1) is 15.9. The van der Waals surface area contributed by atoms with Gasteiger partial charge >= 0.3 is 0 Å². The molecule has 24 heavy (non-hydrogen) atoms. The highest BCUT2D eigenvalue weighted by Gasteiger charge is 2.36. The third kappa shape index (κ3) is 2.69. The highest BCUT2D eigenvalue weighted by atomic mass is 19.1. The van der Waals surface area contributed by atoms with Gasteiger partial charge in [0.25, 0.3) is 0 Å². The van der Waals surface area contributed by atoms with Crippen LogP contribution in [0.1, 0.15) is 41.3 Å². The second kappa shape index (κ2) is 5.92. The Morgan fingerprint density at radius 2 is 1.88 bits per heavy atom. The summed E-state index contributed by atoms with van der Waals surface area (Å²) >= 11 is 0. The van der Waals surface area contributed by atoms with Gasteiger partial charge in [-0.2, -0.15) is 0 Å². The van der Waals surface area contributed by atoms with E-state index in [2.05, 4.69) is 5.32 Å². The van der Waals surface area contributed by atoms with Crippen LogP contribution in [0.3, 0.4) is 0 Å². The number of phenols is 1. The summed E-state index contributed by atoms with van der Waals surface area (Å²) in [5, 5.41) is 12.6. The van der Waals surface area contributed by atoms with Crippen LogP contribution in [0.25, 0.3) is 6.08 Å². The van der Waals surface area contributed by atoms with Gasteiger partial charge < -0.3 is 10.4 Å². The topological polar surface area (TPSA) is 66.4 Å². The second-order valence-electron chi connectivity index (χ2n) is 5.81. The molecule has 0 heterocycles. The largest absolute Gasteiger partial charge is 0.507 e. The third-order valence-electron chi connectivity index (χ3n) is 4.11. The Morgan fingerprint density at radius 3 is 2.46 bits per heavy atom. The fourth-order valence-corrected chi connectivity index (χ4v) is 2.98. The molecule has 0 spiro atoms. The average molecular weight is 325 g/mol. The van der Waals surface area contributed by atoms with Crippen LogP contribution in [0.15, 0.2) is 42.0 Å². The lowest BCUT2D eigenvalue weighted by molar-refractivity contribution is -0.114. The van der Waals surface area contributed by atoms with Gasteiger partial charge in [0, 0.05) is 29.7 Å². The van der Waals surface area contributed by atoms with E-state index in [0.29, 0.717) is 11.3 Å². The van der Waals surface area contributed by atoms with Crippen LogP contribution in [0, 0.1) is 5.82 Å². The number of aromatic hydroxyl groups is 1. The van der Waals surface area contributed by atoms with Gasteiger partial charge in [0.2, 0.25) is 5.91 Å². The van der Waals surface area contributed by atoms with Crippen molar-refractivity contribution >= 4 is 23.5 Å². The van der Waals surface area contributed by atoms with Crippen molar-refractivity contribution in [1.29, 1.82) is 0 Å². The first-order valence-electron chi connectivity index (χ1n) is 7.53. The number of benzene rings is 2. The molecule has 0 aliphatic heterocycles. The van der Waals surface area contributed by atoms with E-state index >= 15 is 0 Å². The van der Waals surface area contributed by atoms with Gasteiger partial charge in [-0.05, 0) is 35.9 Å². The highest BCUT2D eigenvalue weighted by molar-refractivity contribution is 6.18. The van der Waals surface area contributed by atoms with Crippen LogP contribution in [0.4, 0.5) is 10.1 Å². The number of rotatable bonds is 2. The Labute approximate surface area is 138 Å². The lowest BCUT2D eigenvalue weighted by Crippen LogP contribution is -2.05. The molecule has 2 N–H and O–H groups in total. The number of ketones is 1. The summed E-state index contributed by atoms with van der Waals surface area (Å²) in [5.41, 5.74) is 2.12. The summed E-state index contributed by atoms with van der Waals surface area (Å²) < 4.78 is 14.1. The summed E-state index contributed by atoms with van der Waals surface area (Å²) in [7, 11) is 0. The molecule has 1 atom stereocenters. The molecule has 3 rings (SSSR count). The van der Waals surface area contributed by atoms with Crippen LogP contribution in [-0.4, -0.2) is 16.8 Å². The first-order valence-corrected chi connectivity index (χ1v) is 7.53. The molecule has 5 heteroatoms. The van der Waals surface area contributed by atoms with Crippen molar-refractivity contribution in [3.8, 4) is 5.75 Å². The SMILES string of the molecule is CC(=O)Nc1ccc(/C=C2/C(=O)c3c(O)ccc(F)c3[C@@H]2C)cc1. The Kier molecular flexibility index (Phi) is 3.93. The van der Waals surface area contributed by atoms with Crippen LogP contribution >= 0.6 is 0 Å². The van der Waals surface area contributed by atoms with Gasteiger partial charge in [0.05, 0.1) is 5.56 Å². The zero-order valence-corrected chi connectivity index (χ0v) is 13.3. The maximum absolute atomic E-state index is 14.1. The Morgan fingerprint density at radius 1 is 1.21 bits per heavy atom. The summed E-state index contributed by atoms with van der Waals surface area (Å²) in [4.78, 5) is 23.6. The quantitative estimate of drug-likeness (QED) is 0.824. The maximum Gasteiger partial charge on any atom is 0.221 e. The molecule has 4 nitrogen and oxygen atoms in total. The van der Waals surface area contributed by atoms with Gasteiger partial charge in [-0.1, -0.05) is 19.1 Å². The second-order valence-corrected chi connectivity index (χ2v) is 5.81. The minimum atomic E-state index is -0.493. The van der Waals surface area contributed by atoms with Crippen molar-refractivity contribution in [2.45, 2.75) is 19.8 Å². The molecule has 0 radical (unpaired) electrons. The van der Waals surface area contributed by atoms with E-state index in [9.17, 15) is 19.1 Å². The Balaban J connectivity index is 1.97. The van der Waals surface area contributed by atoms with Crippen LogP contribution < -0.4 is 5.32 Å². The van der Waals surface area contributed by atoms with E-state index in [1.807, 2.05) is 0 Å². The normalized spacial score (nSPS) is 17.9. The highest BCUT2D eigenvalue weighted by Crippen LogP contribution is 2.43. The van der Waals surface area contributed by atoms with Gasteiger partial charge in [-0.25, -0.2) is 4.39 Å². The number of halogens is 1. The predicted molar refractivity (Wildman–Crippen MR) is 89.5 cm³/mol. The molecule has 0 bridgehead atoms. The number of Topliss-reactive ketones (excluding diaryl/α,β-unsaturated/α-hetero) is 1. The molecule has 0 saturated carbocycles. The van der Waals surface area contributed by atoms with E-state index in [1.165, 1.54) is 19.1 Å². The van der Waals surface area contributed by atoms with Crippen molar-refractivity contribution < 1.29 is 19.1 Å². The number of phenolic OH excluding ortho intramolecular Hbond substituents is 1. The number of anilines is 1. The monoisotopic (exact) mass is 325 g/mol. The van der Waals surface area contributed by atoms with Crippen molar-refractivity contribution in [3.05, 3.63) is 64.5 Å². The maximum atomic E-state index is 14.1. The zero-order valence-electron chi connectivity index (χ0n) is 13.3. The van der Waals surface area contributed by atoms with E-state index in [-0.39, 0.29) is 28.6 Å². The molecule has 0 aromatic heterocycles. The number of nitrogens with one attached hydrogen (secondary N) is 1. The number of fused-ring (bicyclic) bond motifs is 1. The van der Waals surface area contributed by atoms with Gasteiger partial charge in [-0.15, -0.1) is 0 Å². The number of carbonyl (C=O) groups excluding carboxylic acids is 2. The van der Waals surface area contributed by atoms with Crippen LogP contribution in [-0.2, 0) is 4.79 Å². The molecule has 2 aromatic rings. The Bertz CT molecular complexity index is 869. The van der Waals surface area contributed by atoms with E-state index < -0.39 is 11.7 Å². The predicted octanol–water partition coefficient (Wildman–Crippen LogP) is 3.87. The Hall–Kier alpha value is -2.95. The molecule has 122 valence electrons. The summed E-state index contributed by atoms with van der Waals surface area (Å²) in [6.07, 6.45) is 1.68. The third-order valence-corrected chi connectivity index (χ3v) is 4.11. The number of amides is 1. The molecular weight excluding hydrogens is 309 g/mol. The standard InChI is InChI=1S/C19H16FNO3/c1-10-14(9-12-3-5-13(6-4-12)21-11(2)22)19(24)18-16(23)8-7-15(20)17(10)18/h3-10,23H,1-2H3,(H,21,22)/b14-9+/t10-/m1/s1. The van der Waals surface area contributed by atoms with Crippen molar-refractivity contribution in [2.24, 2.45) is 0 Å². The van der Waals surface area contributed by atoms with Gasteiger partial charge in [0.15, 0.2) is 5.78 Å². The first-order chi connectivity index (χ1) is 11.4. The molecule has 0 unspecified atom stereocenters. The minimum Gasteiger partial charge on any atom is -0.507 e. The van der Waals surface area contributed by atoms with Crippen molar-refractivity contribution in [1.82, 2.24) is 0 Å². The van der Waals surface area contributed by atoms with Crippen molar-refractivity contribution in [3.63, 3.8) is 0 Å². The average Bonchev–Trinajstić information content (AvgIpc) is 2.78. The minimum absolute atomic E-state index is 0.0450. The van der Waals surface area contributed by atoms with E-state index in [1.54, 1.807) is 37.3 Å². The van der Waals surface area contributed by atoms with Crippen molar-refractivity contribution in [2.75, 3.05) is 5.32 Å². The fourth-order valence-electron chi connectivity index (χ4n) is 2.98. The van der Waals surface area contributed by atoms with Crippen LogP contribution in [0.2, 0.25) is 0 Å². The number of hydrogen-bond acceptors (Lipinski definition) is 3. The fraction of sp³-hybridized carbons (Fsp3) is 0.158. The number of hydrogen-bond donors (Lipinski definition) is 2. The summed E-state index contributed by atoms with van der Waals surface area (Å²) in [5.74, 6) is -1.65.